The maximum atomic E-state index is 11.6. The molecule has 0 radical (unpaired) electrons. The Hall–Kier alpha value is -2.33. The lowest BCUT2D eigenvalue weighted by atomic mass is 10.1. The summed E-state index contributed by atoms with van der Waals surface area (Å²) in [7, 11) is 0. The highest BCUT2D eigenvalue weighted by Gasteiger charge is 2.01. The van der Waals surface area contributed by atoms with E-state index in [2.05, 4.69) is 17.4 Å². The summed E-state index contributed by atoms with van der Waals surface area (Å²) in [5.74, 6) is -0.224. The maximum absolute atomic E-state index is 11.6. The van der Waals surface area contributed by atoms with Crippen LogP contribution >= 0.6 is 11.6 Å². The van der Waals surface area contributed by atoms with Gasteiger partial charge in [-0.3, -0.25) is 4.79 Å². The third-order valence-electron chi connectivity index (χ3n) is 3.26. The molecule has 2 rings (SSSR count). The minimum Gasteiger partial charge on any atom is -0.386 e. The van der Waals surface area contributed by atoms with Crippen LogP contribution in [-0.4, -0.2) is 18.7 Å². The van der Waals surface area contributed by atoms with Gasteiger partial charge in [0, 0.05) is 11.6 Å². The third-order valence-corrected chi connectivity index (χ3v) is 3.51. The quantitative estimate of drug-likeness (QED) is 0.623. The molecule has 0 bridgehead atoms. The van der Waals surface area contributed by atoms with E-state index < -0.39 is 0 Å². The number of benzene rings is 2. The van der Waals surface area contributed by atoms with Crippen LogP contribution in [0.25, 0.3) is 0 Å². The van der Waals surface area contributed by atoms with E-state index in [-0.39, 0.29) is 12.5 Å². The van der Waals surface area contributed by atoms with Crippen LogP contribution in [0, 0.1) is 0 Å². The maximum Gasteiger partial charge on any atom is 0.261 e. The zero-order valence-corrected chi connectivity index (χ0v) is 13.7. The van der Waals surface area contributed by atoms with E-state index in [1.54, 1.807) is 18.3 Å². The molecule has 0 aromatic heterocycles. The predicted octanol–water partition coefficient (Wildman–Crippen LogP) is 3.57. The summed E-state index contributed by atoms with van der Waals surface area (Å²) in [6, 6.07) is 15.3. The SMILES string of the molecule is CCc1ccc(/C=N\OCC(=O)NCc2ccc(Cl)cc2)cc1. The van der Waals surface area contributed by atoms with E-state index in [9.17, 15) is 4.79 Å². The van der Waals surface area contributed by atoms with Gasteiger partial charge in [-0.05, 0) is 35.2 Å². The van der Waals surface area contributed by atoms with Crippen LogP contribution in [-0.2, 0) is 22.6 Å². The monoisotopic (exact) mass is 330 g/mol. The second-order valence-electron chi connectivity index (χ2n) is 5.01. The molecule has 1 N–H and O–H groups in total. The zero-order chi connectivity index (χ0) is 16.5. The summed E-state index contributed by atoms with van der Waals surface area (Å²) in [6.45, 7) is 2.42. The third kappa shape index (κ3) is 6.12. The normalized spacial score (nSPS) is 10.7. The summed E-state index contributed by atoms with van der Waals surface area (Å²) >= 11 is 5.80. The molecular weight excluding hydrogens is 312 g/mol. The smallest absolute Gasteiger partial charge is 0.261 e. The topological polar surface area (TPSA) is 50.7 Å². The molecule has 0 heterocycles. The molecule has 0 saturated heterocycles. The number of rotatable bonds is 7. The first-order chi connectivity index (χ1) is 11.2. The molecule has 23 heavy (non-hydrogen) atoms. The highest BCUT2D eigenvalue weighted by molar-refractivity contribution is 6.30. The van der Waals surface area contributed by atoms with Crippen molar-refractivity contribution in [1.82, 2.24) is 5.32 Å². The molecule has 0 aliphatic rings. The number of hydrogen-bond donors (Lipinski definition) is 1. The molecule has 0 aliphatic carbocycles. The fourth-order valence-electron chi connectivity index (χ4n) is 1.89. The lowest BCUT2D eigenvalue weighted by Crippen LogP contribution is -2.26. The largest absolute Gasteiger partial charge is 0.386 e. The van der Waals surface area contributed by atoms with Crippen molar-refractivity contribution in [1.29, 1.82) is 0 Å². The fourth-order valence-corrected chi connectivity index (χ4v) is 2.01. The minimum atomic E-state index is -0.224. The second-order valence-corrected chi connectivity index (χ2v) is 5.44. The van der Waals surface area contributed by atoms with Crippen molar-refractivity contribution in [2.75, 3.05) is 6.61 Å². The molecule has 0 fully saturated rings. The fraction of sp³-hybridized carbons (Fsp3) is 0.222. The number of hydrogen-bond acceptors (Lipinski definition) is 3. The van der Waals surface area contributed by atoms with Crippen molar-refractivity contribution in [2.45, 2.75) is 19.9 Å². The summed E-state index contributed by atoms with van der Waals surface area (Å²) in [6.07, 6.45) is 2.59. The Morgan fingerprint density at radius 1 is 1.13 bits per heavy atom. The number of amides is 1. The van der Waals surface area contributed by atoms with Crippen molar-refractivity contribution in [2.24, 2.45) is 5.16 Å². The molecule has 0 spiro atoms. The number of halogens is 1. The Kier molecular flexibility index (Phi) is 6.63. The predicted molar refractivity (Wildman–Crippen MR) is 92.7 cm³/mol. The molecule has 1 amide bonds. The van der Waals surface area contributed by atoms with Gasteiger partial charge in [0.15, 0.2) is 6.61 Å². The molecule has 120 valence electrons. The lowest BCUT2D eigenvalue weighted by molar-refractivity contribution is -0.125. The van der Waals surface area contributed by atoms with Crippen LogP contribution < -0.4 is 5.32 Å². The van der Waals surface area contributed by atoms with Crippen LogP contribution in [0.5, 0.6) is 0 Å². The van der Waals surface area contributed by atoms with Crippen molar-refractivity contribution < 1.29 is 9.63 Å². The number of oxime groups is 1. The molecule has 0 aliphatic heterocycles. The molecule has 2 aromatic carbocycles. The molecular formula is C18H19ClN2O2. The van der Waals surface area contributed by atoms with Crippen LogP contribution in [0.3, 0.4) is 0 Å². The van der Waals surface area contributed by atoms with Crippen molar-refractivity contribution in [3.8, 4) is 0 Å². The van der Waals surface area contributed by atoms with Crippen LogP contribution in [0.2, 0.25) is 5.02 Å². The standard InChI is InChI=1S/C18H19ClN2O2/c1-2-14-3-5-16(6-4-14)12-21-23-13-18(22)20-11-15-7-9-17(19)10-8-15/h3-10,12H,2,11,13H2,1H3,(H,20,22)/b21-12-. The van der Waals surface area contributed by atoms with Crippen LogP contribution in [0.1, 0.15) is 23.6 Å². The summed E-state index contributed by atoms with van der Waals surface area (Å²) in [4.78, 5) is 16.6. The Bertz CT molecular complexity index is 652. The van der Waals surface area contributed by atoms with Crippen molar-refractivity contribution in [3.63, 3.8) is 0 Å². The van der Waals surface area contributed by atoms with Gasteiger partial charge in [-0.1, -0.05) is 60.1 Å². The molecule has 2 aromatic rings. The number of carbonyl (C=O) groups excluding carboxylic acids is 1. The van der Waals surface area contributed by atoms with Gasteiger partial charge in [0.1, 0.15) is 0 Å². The second kappa shape index (κ2) is 8.96. The average molecular weight is 331 g/mol. The summed E-state index contributed by atoms with van der Waals surface area (Å²) < 4.78 is 0. The first-order valence-electron chi connectivity index (χ1n) is 7.43. The zero-order valence-electron chi connectivity index (χ0n) is 13.0. The van der Waals surface area contributed by atoms with Gasteiger partial charge in [-0.25, -0.2) is 0 Å². The molecule has 4 nitrogen and oxygen atoms in total. The molecule has 0 atom stereocenters. The van der Waals surface area contributed by atoms with Crippen LogP contribution in [0.15, 0.2) is 53.7 Å². The van der Waals surface area contributed by atoms with Crippen molar-refractivity contribution >= 4 is 23.7 Å². The number of aryl methyl sites for hydroxylation is 1. The summed E-state index contributed by atoms with van der Waals surface area (Å²) in [5.41, 5.74) is 3.18. The van der Waals surface area contributed by atoms with Crippen molar-refractivity contribution in [3.05, 3.63) is 70.2 Å². The van der Waals surface area contributed by atoms with Gasteiger partial charge in [0.05, 0.1) is 6.21 Å². The number of nitrogens with one attached hydrogen (secondary N) is 1. The van der Waals surface area contributed by atoms with Crippen LogP contribution in [0.4, 0.5) is 0 Å². The number of nitrogens with zero attached hydrogens (tertiary/aromatic N) is 1. The van der Waals surface area contributed by atoms with Gasteiger partial charge >= 0.3 is 0 Å². The highest BCUT2D eigenvalue weighted by atomic mass is 35.5. The Morgan fingerprint density at radius 2 is 1.78 bits per heavy atom. The Morgan fingerprint density at radius 3 is 2.43 bits per heavy atom. The van der Waals surface area contributed by atoms with E-state index in [0.29, 0.717) is 11.6 Å². The Balaban J connectivity index is 1.69. The molecule has 5 heteroatoms. The van der Waals surface area contributed by atoms with E-state index >= 15 is 0 Å². The van der Waals surface area contributed by atoms with Gasteiger partial charge in [-0.15, -0.1) is 0 Å². The Labute approximate surface area is 141 Å². The van der Waals surface area contributed by atoms with Gasteiger partial charge in [-0.2, -0.15) is 0 Å². The first-order valence-corrected chi connectivity index (χ1v) is 7.80. The minimum absolute atomic E-state index is 0.114. The first kappa shape index (κ1) is 17.0. The van der Waals surface area contributed by atoms with Gasteiger partial charge in [0.2, 0.25) is 0 Å². The molecule has 0 saturated carbocycles. The molecule has 0 unspecified atom stereocenters. The van der Waals surface area contributed by atoms with Gasteiger partial charge < -0.3 is 10.2 Å². The number of carbonyl (C=O) groups is 1. The van der Waals surface area contributed by atoms with E-state index in [4.69, 9.17) is 16.4 Å². The highest BCUT2D eigenvalue weighted by Crippen LogP contribution is 2.09. The lowest BCUT2D eigenvalue weighted by Gasteiger charge is -2.04. The average Bonchev–Trinajstić information content (AvgIpc) is 2.59. The van der Waals surface area contributed by atoms with E-state index in [1.807, 2.05) is 36.4 Å². The van der Waals surface area contributed by atoms with E-state index in [1.165, 1.54) is 5.56 Å². The van der Waals surface area contributed by atoms with E-state index in [0.717, 1.165) is 17.5 Å². The van der Waals surface area contributed by atoms with Gasteiger partial charge in [0.25, 0.3) is 5.91 Å². The summed E-state index contributed by atoms with van der Waals surface area (Å²) in [5, 5.41) is 7.22.